The van der Waals surface area contributed by atoms with Gasteiger partial charge in [-0.3, -0.25) is 4.72 Å². The molecule has 0 aliphatic rings. The number of hydrogen-bond acceptors (Lipinski definition) is 6. The Bertz CT molecular complexity index is 1010. The van der Waals surface area contributed by atoms with Gasteiger partial charge < -0.3 is 9.84 Å². The van der Waals surface area contributed by atoms with Crippen LogP contribution in [0.15, 0.2) is 47.4 Å². The zero-order valence-electron chi connectivity index (χ0n) is 12.4. The molecular formula is C15H12N2O5S2. The lowest BCUT2D eigenvalue weighted by Gasteiger charge is -2.05. The summed E-state index contributed by atoms with van der Waals surface area (Å²) in [7, 11) is -2.29. The van der Waals surface area contributed by atoms with Crippen LogP contribution < -0.4 is 9.46 Å². The standard InChI is InChI=1S/C15H12N2O5S2/c1-22-10-3-5-11(6-4-10)24(20,21)17-15-16-12-7-2-9(14(18)19)8-13(12)23-15/h2-8H,1H3,(H,16,17)(H,18,19). The van der Waals surface area contributed by atoms with Crippen LogP contribution in [-0.4, -0.2) is 31.6 Å². The van der Waals surface area contributed by atoms with Gasteiger partial charge in [-0.15, -0.1) is 0 Å². The van der Waals surface area contributed by atoms with Crippen molar-refractivity contribution in [2.24, 2.45) is 0 Å². The lowest BCUT2D eigenvalue weighted by Crippen LogP contribution is -2.12. The number of methoxy groups -OCH3 is 1. The van der Waals surface area contributed by atoms with Gasteiger partial charge in [-0.25, -0.2) is 18.2 Å². The summed E-state index contributed by atoms with van der Waals surface area (Å²) < 4.78 is 32.7. The highest BCUT2D eigenvalue weighted by Gasteiger charge is 2.17. The highest BCUT2D eigenvalue weighted by molar-refractivity contribution is 7.93. The van der Waals surface area contributed by atoms with Gasteiger partial charge in [-0.1, -0.05) is 11.3 Å². The molecule has 2 aromatic carbocycles. The normalized spacial score (nSPS) is 11.4. The minimum Gasteiger partial charge on any atom is -0.497 e. The molecule has 0 saturated carbocycles. The zero-order valence-corrected chi connectivity index (χ0v) is 14.0. The maximum absolute atomic E-state index is 12.4. The highest BCUT2D eigenvalue weighted by atomic mass is 32.2. The van der Waals surface area contributed by atoms with E-state index in [4.69, 9.17) is 9.84 Å². The van der Waals surface area contributed by atoms with Gasteiger partial charge in [-0.05, 0) is 42.5 Å². The van der Waals surface area contributed by atoms with E-state index in [1.54, 1.807) is 18.2 Å². The van der Waals surface area contributed by atoms with Crippen molar-refractivity contribution in [2.75, 3.05) is 11.8 Å². The van der Waals surface area contributed by atoms with E-state index in [1.165, 1.54) is 31.4 Å². The van der Waals surface area contributed by atoms with E-state index in [9.17, 15) is 13.2 Å². The largest absolute Gasteiger partial charge is 0.497 e. The zero-order chi connectivity index (χ0) is 17.3. The van der Waals surface area contributed by atoms with Crippen LogP contribution >= 0.6 is 11.3 Å². The van der Waals surface area contributed by atoms with Crippen molar-refractivity contribution in [3.8, 4) is 5.75 Å². The lowest BCUT2D eigenvalue weighted by atomic mass is 10.2. The van der Waals surface area contributed by atoms with E-state index in [2.05, 4.69) is 9.71 Å². The number of ether oxygens (including phenoxy) is 1. The molecule has 0 spiro atoms. The van der Waals surface area contributed by atoms with Gasteiger partial charge >= 0.3 is 5.97 Å². The molecule has 3 rings (SSSR count). The van der Waals surface area contributed by atoms with Crippen LogP contribution in [0.1, 0.15) is 10.4 Å². The number of hydrogen-bond donors (Lipinski definition) is 2. The van der Waals surface area contributed by atoms with Crippen LogP contribution in [0.4, 0.5) is 5.13 Å². The fraction of sp³-hybridized carbons (Fsp3) is 0.0667. The summed E-state index contributed by atoms with van der Waals surface area (Å²) in [5, 5.41) is 9.16. The Labute approximate surface area is 141 Å². The number of sulfonamides is 1. The number of anilines is 1. The third kappa shape index (κ3) is 3.17. The van der Waals surface area contributed by atoms with Gasteiger partial charge in [0.1, 0.15) is 5.75 Å². The van der Waals surface area contributed by atoms with Gasteiger partial charge in [0.2, 0.25) is 0 Å². The van der Waals surface area contributed by atoms with Gasteiger partial charge in [0.15, 0.2) is 5.13 Å². The number of thiazole rings is 1. The second-order valence-corrected chi connectivity index (χ2v) is 7.50. The molecule has 0 amide bonds. The maximum Gasteiger partial charge on any atom is 0.335 e. The topological polar surface area (TPSA) is 106 Å². The Morgan fingerprint density at radius 1 is 1.21 bits per heavy atom. The average molecular weight is 364 g/mol. The van der Waals surface area contributed by atoms with Gasteiger partial charge in [0.05, 0.1) is 27.8 Å². The van der Waals surface area contributed by atoms with Crippen molar-refractivity contribution >= 4 is 42.7 Å². The first-order valence-electron chi connectivity index (χ1n) is 6.70. The molecule has 0 aliphatic heterocycles. The number of rotatable bonds is 5. The first-order chi connectivity index (χ1) is 11.4. The average Bonchev–Trinajstić information content (AvgIpc) is 2.95. The smallest absolute Gasteiger partial charge is 0.335 e. The molecule has 2 N–H and O–H groups in total. The van der Waals surface area contributed by atoms with E-state index in [0.717, 1.165) is 11.3 Å². The molecule has 0 atom stereocenters. The molecule has 0 aliphatic carbocycles. The van der Waals surface area contributed by atoms with Crippen LogP contribution in [-0.2, 0) is 10.0 Å². The SMILES string of the molecule is COc1ccc(S(=O)(=O)Nc2nc3ccc(C(=O)O)cc3s2)cc1. The van der Waals surface area contributed by atoms with Crippen LogP contribution in [0, 0.1) is 0 Å². The molecule has 24 heavy (non-hydrogen) atoms. The van der Waals surface area contributed by atoms with E-state index in [0.29, 0.717) is 16.0 Å². The number of fused-ring (bicyclic) bond motifs is 1. The summed E-state index contributed by atoms with van der Waals surface area (Å²) in [6, 6.07) is 10.4. The van der Waals surface area contributed by atoms with E-state index >= 15 is 0 Å². The maximum atomic E-state index is 12.4. The van der Waals surface area contributed by atoms with Gasteiger partial charge in [0, 0.05) is 0 Å². The molecule has 0 saturated heterocycles. The summed E-state index contributed by atoms with van der Waals surface area (Å²) in [4.78, 5) is 15.2. The van der Waals surface area contributed by atoms with Crippen LogP contribution in [0.5, 0.6) is 5.75 Å². The quantitative estimate of drug-likeness (QED) is 0.721. The lowest BCUT2D eigenvalue weighted by molar-refractivity contribution is 0.0697. The molecule has 0 bridgehead atoms. The number of carboxylic acids is 1. The summed E-state index contributed by atoms with van der Waals surface area (Å²) in [6.07, 6.45) is 0. The fourth-order valence-corrected chi connectivity index (χ4v) is 4.17. The number of aromatic nitrogens is 1. The van der Waals surface area contributed by atoms with Crippen molar-refractivity contribution < 1.29 is 23.1 Å². The minimum atomic E-state index is -3.79. The molecule has 0 fully saturated rings. The van der Waals surface area contributed by atoms with Crippen LogP contribution in [0.3, 0.4) is 0 Å². The second-order valence-electron chi connectivity index (χ2n) is 4.79. The Kier molecular flexibility index (Phi) is 4.12. The van der Waals surface area contributed by atoms with E-state index < -0.39 is 16.0 Å². The third-order valence-electron chi connectivity index (χ3n) is 3.23. The number of carboxylic acid groups (broad SMARTS) is 1. The number of carbonyl (C=O) groups is 1. The Hall–Kier alpha value is -2.65. The second kappa shape index (κ2) is 6.10. The Morgan fingerprint density at radius 3 is 2.54 bits per heavy atom. The number of nitrogens with one attached hydrogen (secondary N) is 1. The summed E-state index contributed by atoms with van der Waals surface area (Å²) in [6.45, 7) is 0. The van der Waals surface area contributed by atoms with Crippen molar-refractivity contribution in [3.05, 3.63) is 48.0 Å². The monoisotopic (exact) mass is 364 g/mol. The summed E-state index contributed by atoms with van der Waals surface area (Å²) in [5.74, 6) is -0.499. The predicted molar refractivity (Wildman–Crippen MR) is 90.4 cm³/mol. The minimum absolute atomic E-state index is 0.0776. The molecule has 3 aromatic rings. The van der Waals surface area contributed by atoms with Gasteiger partial charge in [0.25, 0.3) is 10.0 Å². The van der Waals surface area contributed by atoms with Crippen molar-refractivity contribution in [1.82, 2.24) is 4.98 Å². The van der Waals surface area contributed by atoms with Gasteiger partial charge in [-0.2, -0.15) is 0 Å². The molecule has 7 nitrogen and oxygen atoms in total. The first-order valence-corrected chi connectivity index (χ1v) is 9.00. The number of nitrogens with zero attached hydrogens (tertiary/aromatic N) is 1. The molecule has 9 heteroatoms. The van der Waals surface area contributed by atoms with E-state index in [1.807, 2.05) is 0 Å². The molecule has 0 radical (unpaired) electrons. The van der Waals surface area contributed by atoms with E-state index in [-0.39, 0.29) is 15.6 Å². The number of benzene rings is 2. The summed E-state index contributed by atoms with van der Waals surface area (Å²) >= 11 is 1.07. The predicted octanol–water partition coefficient (Wildman–Crippen LogP) is 2.80. The fourth-order valence-electron chi connectivity index (χ4n) is 2.03. The molecule has 124 valence electrons. The first kappa shape index (κ1) is 16.2. The van der Waals surface area contributed by atoms with Crippen molar-refractivity contribution in [2.45, 2.75) is 4.90 Å². The highest BCUT2D eigenvalue weighted by Crippen LogP contribution is 2.28. The van der Waals surface area contributed by atoms with Crippen LogP contribution in [0.25, 0.3) is 10.2 Å². The van der Waals surface area contributed by atoms with Crippen LogP contribution in [0.2, 0.25) is 0 Å². The molecule has 1 heterocycles. The summed E-state index contributed by atoms with van der Waals surface area (Å²) in [5.41, 5.74) is 0.646. The third-order valence-corrected chi connectivity index (χ3v) is 5.64. The Morgan fingerprint density at radius 2 is 1.92 bits per heavy atom. The molecule has 1 aromatic heterocycles. The Balaban J connectivity index is 1.91. The number of aromatic carboxylic acids is 1. The molecular weight excluding hydrogens is 352 g/mol. The molecule has 0 unspecified atom stereocenters. The van der Waals surface area contributed by atoms with Crippen molar-refractivity contribution in [3.63, 3.8) is 0 Å². The van der Waals surface area contributed by atoms with Crippen molar-refractivity contribution in [1.29, 1.82) is 0 Å².